The van der Waals surface area contributed by atoms with Crippen molar-refractivity contribution in [2.45, 2.75) is 13.0 Å². The highest BCUT2D eigenvalue weighted by atomic mass is 16.5. The highest BCUT2D eigenvalue weighted by Crippen LogP contribution is 2.32. The number of benzene rings is 2. The second kappa shape index (κ2) is 8.65. The molecule has 0 unspecified atom stereocenters. The van der Waals surface area contributed by atoms with E-state index in [2.05, 4.69) is 11.8 Å². The van der Waals surface area contributed by atoms with Gasteiger partial charge in [0.25, 0.3) is 11.8 Å². The molecule has 1 atom stereocenters. The molecule has 1 heterocycles. The first-order chi connectivity index (χ1) is 13.5. The van der Waals surface area contributed by atoms with Gasteiger partial charge in [0.15, 0.2) is 6.61 Å². The third-order valence-corrected chi connectivity index (χ3v) is 4.61. The normalized spacial score (nSPS) is 15.4. The zero-order valence-electron chi connectivity index (χ0n) is 16.1. The van der Waals surface area contributed by atoms with E-state index >= 15 is 0 Å². The minimum absolute atomic E-state index is 0.105. The highest BCUT2D eigenvalue weighted by molar-refractivity contribution is 5.94. The van der Waals surface area contributed by atoms with E-state index in [1.807, 2.05) is 24.3 Å². The topological polar surface area (TPSA) is 85.1 Å². The van der Waals surface area contributed by atoms with Crippen molar-refractivity contribution in [2.24, 2.45) is 5.73 Å². The number of carbonyl (C=O) groups excluding carboxylic acids is 2. The van der Waals surface area contributed by atoms with E-state index < -0.39 is 5.91 Å². The fourth-order valence-electron chi connectivity index (χ4n) is 3.23. The Balaban J connectivity index is 1.62. The van der Waals surface area contributed by atoms with Crippen LogP contribution in [-0.2, 0) is 4.79 Å². The van der Waals surface area contributed by atoms with Crippen LogP contribution < -0.4 is 20.1 Å². The zero-order valence-corrected chi connectivity index (χ0v) is 16.1. The van der Waals surface area contributed by atoms with E-state index in [4.69, 9.17) is 15.2 Å². The summed E-state index contributed by atoms with van der Waals surface area (Å²) in [5.41, 5.74) is 6.68. The Hall–Kier alpha value is -3.22. The molecule has 0 aromatic heterocycles. The Morgan fingerprint density at radius 2 is 1.93 bits per heavy atom. The van der Waals surface area contributed by atoms with Gasteiger partial charge in [-0.1, -0.05) is 12.1 Å². The number of likely N-dealkylation sites (N-methyl/N-ethyl adjacent to an activating group) is 2. The number of hydrogen-bond acceptors (Lipinski definition) is 5. The van der Waals surface area contributed by atoms with Gasteiger partial charge in [0, 0.05) is 19.2 Å². The molecule has 0 fully saturated rings. The van der Waals surface area contributed by atoms with Gasteiger partial charge in [-0.05, 0) is 43.3 Å². The monoisotopic (exact) mass is 383 g/mol. The number of para-hydroxylation sites is 2. The van der Waals surface area contributed by atoms with E-state index in [0.717, 1.165) is 24.5 Å². The first-order valence-electron chi connectivity index (χ1n) is 9.25. The number of nitrogens with two attached hydrogens (primary N) is 1. The van der Waals surface area contributed by atoms with E-state index in [-0.39, 0.29) is 18.6 Å². The van der Waals surface area contributed by atoms with Gasteiger partial charge in [-0.25, -0.2) is 0 Å². The van der Waals surface area contributed by atoms with Crippen LogP contribution in [0.1, 0.15) is 17.3 Å². The van der Waals surface area contributed by atoms with Crippen molar-refractivity contribution >= 4 is 17.5 Å². The van der Waals surface area contributed by atoms with Gasteiger partial charge in [-0.2, -0.15) is 0 Å². The summed E-state index contributed by atoms with van der Waals surface area (Å²) >= 11 is 0. The first kappa shape index (κ1) is 19.5. The highest BCUT2D eigenvalue weighted by Gasteiger charge is 2.27. The van der Waals surface area contributed by atoms with Gasteiger partial charge in [0.1, 0.15) is 17.6 Å². The lowest BCUT2D eigenvalue weighted by Gasteiger charge is -2.37. The van der Waals surface area contributed by atoms with Crippen molar-refractivity contribution < 1.29 is 19.1 Å². The van der Waals surface area contributed by atoms with Crippen LogP contribution in [-0.4, -0.2) is 56.1 Å². The van der Waals surface area contributed by atoms with Crippen LogP contribution in [0.15, 0.2) is 48.5 Å². The average molecular weight is 383 g/mol. The molecule has 2 aromatic rings. The smallest absolute Gasteiger partial charge is 0.255 e. The summed E-state index contributed by atoms with van der Waals surface area (Å²) in [5, 5.41) is 0. The van der Waals surface area contributed by atoms with Crippen molar-refractivity contribution in [2.75, 3.05) is 38.2 Å². The largest absolute Gasteiger partial charge is 0.485 e. The zero-order chi connectivity index (χ0) is 20.1. The van der Waals surface area contributed by atoms with Crippen LogP contribution in [0.5, 0.6) is 11.5 Å². The number of fused-ring (bicyclic) bond motifs is 1. The molecule has 2 amide bonds. The Morgan fingerprint density at radius 3 is 2.61 bits per heavy atom. The molecule has 7 nitrogen and oxygen atoms in total. The molecule has 0 saturated heterocycles. The standard InChI is InChI=1S/C21H25N3O4/c1-3-24-13-17(28-19-7-5-4-6-18(19)24)12-23(2)21(26)15-8-10-16(11-9-15)27-14-20(22)25/h4-11,17H,3,12-14H2,1-2H3,(H2,22,25)/t17-/m1/s1. The van der Waals surface area contributed by atoms with Crippen LogP contribution in [0, 0.1) is 0 Å². The molecule has 0 bridgehead atoms. The SMILES string of the molecule is CCN1C[C@@H](CN(C)C(=O)c2ccc(OCC(N)=O)cc2)Oc2ccccc21. The Labute approximate surface area is 164 Å². The number of ether oxygens (including phenoxy) is 2. The number of rotatable bonds is 7. The van der Waals surface area contributed by atoms with Crippen molar-refractivity contribution in [3.8, 4) is 11.5 Å². The summed E-state index contributed by atoms with van der Waals surface area (Å²) in [6, 6.07) is 14.6. The molecule has 1 aliphatic rings. The fraction of sp³-hybridized carbons (Fsp3) is 0.333. The van der Waals surface area contributed by atoms with Gasteiger partial charge in [-0.3, -0.25) is 9.59 Å². The minimum atomic E-state index is -0.546. The van der Waals surface area contributed by atoms with Gasteiger partial charge in [-0.15, -0.1) is 0 Å². The second-order valence-corrected chi connectivity index (χ2v) is 6.71. The maximum absolute atomic E-state index is 12.7. The van der Waals surface area contributed by atoms with Gasteiger partial charge in [0.05, 0.1) is 18.8 Å². The van der Waals surface area contributed by atoms with Crippen LogP contribution in [0.25, 0.3) is 0 Å². The van der Waals surface area contributed by atoms with Crippen LogP contribution in [0.2, 0.25) is 0 Å². The maximum atomic E-state index is 12.7. The van der Waals surface area contributed by atoms with Crippen molar-refractivity contribution in [1.82, 2.24) is 4.90 Å². The predicted molar refractivity (Wildman–Crippen MR) is 107 cm³/mol. The van der Waals surface area contributed by atoms with E-state index in [9.17, 15) is 9.59 Å². The lowest BCUT2D eigenvalue weighted by atomic mass is 10.1. The summed E-state index contributed by atoms with van der Waals surface area (Å²) in [7, 11) is 1.76. The summed E-state index contributed by atoms with van der Waals surface area (Å²) in [4.78, 5) is 27.4. The first-order valence-corrected chi connectivity index (χ1v) is 9.25. The molecule has 0 radical (unpaired) electrons. The number of carbonyl (C=O) groups is 2. The fourth-order valence-corrected chi connectivity index (χ4v) is 3.23. The molecule has 2 aromatic carbocycles. The number of amides is 2. The Bertz CT molecular complexity index is 838. The van der Waals surface area contributed by atoms with Crippen LogP contribution in [0.3, 0.4) is 0 Å². The molecule has 0 saturated carbocycles. The molecule has 3 rings (SSSR count). The molecule has 0 aliphatic carbocycles. The molecule has 0 spiro atoms. The van der Waals surface area contributed by atoms with Crippen molar-refractivity contribution in [3.05, 3.63) is 54.1 Å². The number of hydrogen-bond donors (Lipinski definition) is 1. The molecular formula is C21H25N3O4. The summed E-state index contributed by atoms with van der Waals surface area (Å²) < 4.78 is 11.3. The maximum Gasteiger partial charge on any atom is 0.255 e. The summed E-state index contributed by atoms with van der Waals surface area (Å²) in [6.07, 6.45) is -0.109. The second-order valence-electron chi connectivity index (χ2n) is 6.71. The van der Waals surface area contributed by atoms with E-state index in [1.165, 1.54) is 0 Å². The van der Waals surface area contributed by atoms with Gasteiger partial charge >= 0.3 is 0 Å². The summed E-state index contributed by atoms with van der Waals surface area (Å²) in [6.45, 7) is 3.99. The molecule has 1 aliphatic heterocycles. The Kier molecular flexibility index (Phi) is 6.03. The quantitative estimate of drug-likeness (QED) is 0.789. The van der Waals surface area contributed by atoms with Crippen molar-refractivity contribution in [1.29, 1.82) is 0 Å². The Morgan fingerprint density at radius 1 is 1.21 bits per heavy atom. The predicted octanol–water partition coefficient (Wildman–Crippen LogP) is 1.91. The lowest BCUT2D eigenvalue weighted by molar-refractivity contribution is -0.119. The summed E-state index contributed by atoms with van der Waals surface area (Å²) in [5.74, 6) is 0.684. The number of anilines is 1. The molecule has 28 heavy (non-hydrogen) atoms. The number of primary amides is 1. The molecule has 2 N–H and O–H groups in total. The van der Waals surface area contributed by atoms with Gasteiger partial charge in [0.2, 0.25) is 0 Å². The minimum Gasteiger partial charge on any atom is -0.485 e. The van der Waals surface area contributed by atoms with E-state index in [1.54, 1.807) is 36.2 Å². The average Bonchev–Trinajstić information content (AvgIpc) is 2.71. The van der Waals surface area contributed by atoms with Gasteiger partial charge < -0.3 is 25.0 Å². The molecule has 148 valence electrons. The molecule has 7 heteroatoms. The number of nitrogens with zero attached hydrogens (tertiary/aromatic N) is 2. The third kappa shape index (κ3) is 4.54. The van der Waals surface area contributed by atoms with Crippen LogP contribution in [0.4, 0.5) is 5.69 Å². The third-order valence-electron chi connectivity index (χ3n) is 4.61. The molecular weight excluding hydrogens is 358 g/mol. The van der Waals surface area contributed by atoms with Crippen LogP contribution >= 0.6 is 0 Å². The lowest BCUT2D eigenvalue weighted by Crippen LogP contribution is -2.46. The van der Waals surface area contributed by atoms with E-state index in [0.29, 0.717) is 17.9 Å². The van der Waals surface area contributed by atoms with Crippen molar-refractivity contribution in [3.63, 3.8) is 0 Å².